The lowest BCUT2D eigenvalue weighted by Gasteiger charge is -2.05. The molecule has 0 radical (unpaired) electrons. The van der Waals surface area contributed by atoms with E-state index in [9.17, 15) is 9.59 Å². The molecule has 7 heteroatoms. The minimum atomic E-state index is -0.428. The minimum absolute atomic E-state index is 0.114. The van der Waals surface area contributed by atoms with Crippen molar-refractivity contribution in [2.24, 2.45) is 0 Å². The van der Waals surface area contributed by atoms with Crippen molar-refractivity contribution in [3.8, 4) is 5.75 Å². The van der Waals surface area contributed by atoms with Gasteiger partial charge in [0.1, 0.15) is 23.1 Å². The van der Waals surface area contributed by atoms with Gasteiger partial charge in [0.2, 0.25) is 0 Å². The fourth-order valence-corrected chi connectivity index (χ4v) is 2.76. The summed E-state index contributed by atoms with van der Waals surface area (Å²) >= 11 is 0. The third kappa shape index (κ3) is 4.77. The molecule has 4 rings (SSSR count). The predicted molar refractivity (Wildman–Crippen MR) is 113 cm³/mol. The maximum absolute atomic E-state index is 12.4. The second-order valence-electron chi connectivity index (χ2n) is 6.47. The number of nitrogens with zero attached hydrogens (tertiary/aromatic N) is 2. The van der Waals surface area contributed by atoms with Crippen molar-refractivity contribution < 1.29 is 4.74 Å². The number of nitrogens with one attached hydrogen (secondary N) is 2. The van der Waals surface area contributed by atoms with Gasteiger partial charge in [0, 0.05) is 6.20 Å². The highest BCUT2D eigenvalue weighted by Crippen LogP contribution is 2.12. The Kier molecular flexibility index (Phi) is 5.61. The lowest BCUT2D eigenvalue weighted by atomic mass is 10.2. The number of hydrogen-bond donors (Lipinski definition) is 2. The Balaban J connectivity index is 1.56. The number of benzene rings is 1. The highest BCUT2D eigenvalue weighted by molar-refractivity contribution is 5.45. The van der Waals surface area contributed by atoms with Gasteiger partial charge in [-0.2, -0.15) is 0 Å². The molecule has 3 heterocycles. The first-order chi connectivity index (χ1) is 14.7. The number of hydrogen-bond acceptors (Lipinski definition) is 5. The third-order valence-electron chi connectivity index (χ3n) is 4.27. The molecule has 7 nitrogen and oxygen atoms in total. The maximum Gasteiger partial charge on any atom is 0.272 e. The zero-order valence-corrected chi connectivity index (χ0v) is 15.9. The standard InChI is InChI=1S/C23H18N4O3/c28-22-20(12-17-8-4-5-11-24-17)26-23(29)21(27-22)13-18-9-10-19(14-25-18)30-15-16-6-2-1-3-7-16/h1-14H,15H2,(H,26,29)(H,27,28)/b20-12+,21-13+. The van der Waals surface area contributed by atoms with E-state index in [0.29, 0.717) is 23.7 Å². The average Bonchev–Trinajstić information content (AvgIpc) is 2.78. The Morgan fingerprint density at radius 1 is 0.767 bits per heavy atom. The zero-order chi connectivity index (χ0) is 20.8. The van der Waals surface area contributed by atoms with Crippen LogP contribution in [-0.4, -0.2) is 19.9 Å². The number of aromatic nitrogens is 4. The average molecular weight is 398 g/mol. The van der Waals surface area contributed by atoms with Crippen LogP contribution in [0.25, 0.3) is 12.2 Å². The van der Waals surface area contributed by atoms with Gasteiger partial charge in [-0.1, -0.05) is 36.4 Å². The van der Waals surface area contributed by atoms with Crippen LogP contribution < -0.4 is 26.6 Å². The normalized spacial score (nSPS) is 12.1. The Bertz CT molecular complexity index is 1360. The molecule has 0 saturated heterocycles. The fraction of sp³-hybridized carbons (Fsp3) is 0.0435. The van der Waals surface area contributed by atoms with Crippen LogP contribution >= 0.6 is 0 Å². The van der Waals surface area contributed by atoms with Gasteiger partial charge < -0.3 is 14.7 Å². The van der Waals surface area contributed by atoms with Crippen LogP contribution in [0, 0.1) is 0 Å². The molecule has 0 spiro atoms. The molecule has 0 aliphatic heterocycles. The zero-order valence-electron chi connectivity index (χ0n) is 15.9. The third-order valence-corrected chi connectivity index (χ3v) is 4.27. The molecule has 2 N–H and O–H groups in total. The van der Waals surface area contributed by atoms with Gasteiger partial charge in [0.15, 0.2) is 0 Å². The number of ether oxygens (including phenoxy) is 1. The first kappa shape index (κ1) is 19.1. The molecule has 0 saturated carbocycles. The summed E-state index contributed by atoms with van der Waals surface area (Å²) in [6.45, 7) is 0.437. The van der Waals surface area contributed by atoms with Gasteiger partial charge >= 0.3 is 0 Å². The van der Waals surface area contributed by atoms with Crippen LogP contribution in [0.5, 0.6) is 5.75 Å². The SMILES string of the molecule is O=c1[nH]/c(=C/c2ccc(OCc3ccccc3)cn2)c(=O)[nH]/c1=C/c1ccccn1. The van der Waals surface area contributed by atoms with Gasteiger partial charge in [0.25, 0.3) is 11.1 Å². The Morgan fingerprint density at radius 2 is 1.43 bits per heavy atom. The number of rotatable bonds is 5. The van der Waals surface area contributed by atoms with Crippen molar-refractivity contribution in [3.63, 3.8) is 0 Å². The molecular weight excluding hydrogens is 380 g/mol. The lowest BCUT2D eigenvalue weighted by Crippen LogP contribution is -2.46. The van der Waals surface area contributed by atoms with Gasteiger partial charge in [-0.3, -0.25) is 19.6 Å². The lowest BCUT2D eigenvalue weighted by molar-refractivity contribution is 0.305. The highest BCUT2D eigenvalue weighted by Gasteiger charge is 2.00. The summed E-state index contributed by atoms with van der Waals surface area (Å²) in [6.07, 6.45) is 6.20. The van der Waals surface area contributed by atoms with Crippen LogP contribution in [0.1, 0.15) is 17.0 Å². The second kappa shape index (κ2) is 8.83. The molecule has 1 aromatic carbocycles. The molecule has 3 aromatic heterocycles. The van der Waals surface area contributed by atoms with Crippen LogP contribution in [0.3, 0.4) is 0 Å². The van der Waals surface area contributed by atoms with Crippen LogP contribution in [0.15, 0.2) is 82.6 Å². The molecule has 30 heavy (non-hydrogen) atoms. The van der Waals surface area contributed by atoms with E-state index in [1.807, 2.05) is 30.3 Å². The monoisotopic (exact) mass is 398 g/mol. The Labute approximate surface area is 171 Å². The quantitative estimate of drug-likeness (QED) is 0.524. The molecule has 0 atom stereocenters. The van der Waals surface area contributed by atoms with Crippen molar-refractivity contribution in [1.29, 1.82) is 0 Å². The second-order valence-corrected chi connectivity index (χ2v) is 6.47. The summed E-state index contributed by atoms with van der Waals surface area (Å²) in [4.78, 5) is 38.2. The van der Waals surface area contributed by atoms with E-state index in [1.54, 1.807) is 42.7 Å². The highest BCUT2D eigenvalue weighted by atomic mass is 16.5. The van der Waals surface area contributed by atoms with E-state index in [0.717, 1.165) is 5.56 Å². The van der Waals surface area contributed by atoms with E-state index in [4.69, 9.17) is 4.74 Å². The number of pyridine rings is 2. The van der Waals surface area contributed by atoms with Crippen molar-refractivity contribution >= 4 is 12.2 Å². The first-order valence-corrected chi connectivity index (χ1v) is 9.27. The van der Waals surface area contributed by atoms with E-state index >= 15 is 0 Å². The predicted octanol–water partition coefficient (Wildman–Crippen LogP) is 1.09. The summed E-state index contributed by atoms with van der Waals surface area (Å²) in [6, 6.07) is 18.6. The smallest absolute Gasteiger partial charge is 0.272 e. The van der Waals surface area contributed by atoms with E-state index in [1.165, 1.54) is 12.2 Å². The molecule has 0 fully saturated rings. The molecular formula is C23H18N4O3. The number of aromatic amines is 2. The molecule has 0 aliphatic carbocycles. The van der Waals surface area contributed by atoms with Crippen molar-refractivity contribution in [2.45, 2.75) is 6.61 Å². The fourth-order valence-electron chi connectivity index (χ4n) is 2.76. The van der Waals surface area contributed by atoms with Crippen LogP contribution in [0.4, 0.5) is 0 Å². The topological polar surface area (TPSA) is 101 Å². The van der Waals surface area contributed by atoms with Crippen LogP contribution in [0.2, 0.25) is 0 Å². The summed E-state index contributed by atoms with van der Waals surface area (Å²) in [5.41, 5.74) is 1.30. The van der Waals surface area contributed by atoms with Crippen LogP contribution in [-0.2, 0) is 6.61 Å². The van der Waals surface area contributed by atoms with Crippen molar-refractivity contribution in [1.82, 2.24) is 19.9 Å². The molecule has 0 aliphatic rings. The van der Waals surface area contributed by atoms with E-state index in [-0.39, 0.29) is 10.7 Å². The molecule has 4 aromatic rings. The van der Waals surface area contributed by atoms with Crippen molar-refractivity contribution in [3.05, 3.63) is 121 Å². The molecule has 0 amide bonds. The van der Waals surface area contributed by atoms with Crippen molar-refractivity contribution in [2.75, 3.05) is 0 Å². The van der Waals surface area contributed by atoms with Gasteiger partial charge in [-0.15, -0.1) is 0 Å². The van der Waals surface area contributed by atoms with E-state index in [2.05, 4.69) is 19.9 Å². The first-order valence-electron chi connectivity index (χ1n) is 9.27. The van der Waals surface area contributed by atoms with Gasteiger partial charge in [0.05, 0.1) is 17.6 Å². The molecule has 0 unspecified atom stereocenters. The molecule has 0 bridgehead atoms. The Hall–Kier alpha value is -4.26. The summed E-state index contributed by atoms with van der Waals surface area (Å²) < 4.78 is 5.70. The molecule has 148 valence electrons. The minimum Gasteiger partial charge on any atom is -0.487 e. The Morgan fingerprint density at radius 3 is 2.03 bits per heavy atom. The number of H-pyrrole nitrogens is 2. The van der Waals surface area contributed by atoms with Gasteiger partial charge in [-0.05, 0) is 42.0 Å². The largest absolute Gasteiger partial charge is 0.487 e. The van der Waals surface area contributed by atoms with E-state index < -0.39 is 11.1 Å². The summed E-state index contributed by atoms with van der Waals surface area (Å²) in [7, 11) is 0. The van der Waals surface area contributed by atoms with Gasteiger partial charge in [-0.25, -0.2) is 0 Å². The maximum atomic E-state index is 12.4. The summed E-state index contributed by atoms with van der Waals surface area (Å²) in [5, 5.41) is 0.247. The summed E-state index contributed by atoms with van der Waals surface area (Å²) in [5.74, 6) is 0.610.